The number of aromatic nitrogens is 2. The molecule has 0 atom stereocenters. The maximum atomic E-state index is 14.2. The highest BCUT2D eigenvalue weighted by Gasteiger charge is 2.20. The third-order valence-corrected chi connectivity index (χ3v) is 4.64. The lowest BCUT2D eigenvalue weighted by Crippen LogP contribution is -2.24. The van der Waals surface area contributed by atoms with E-state index >= 15 is 0 Å². The van der Waals surface area contributed by atoms with Crippen molar-refractivity contribution in [3.63, 3.8) is 0 Å². The van der Waals surface area contributed by atoms with E-state index in [0.29, 0.717) is 27.2 Å². The molecule has 1 amide bonds. The lowest BCUT2D eigenvalue weighted by Gasteiger charge is -2.10. The normalized spacial score (nSPS) is 10.9. The zero-order valence-electron chi connectivity index (χ0n) is 14.0. The monoisotopic (exact) mass is 376 g/mol. The van der Waals surface area contributed by atoms with Crippen LogP contribution in [-0.4, -0.2) is 34.2 Å². The van der Waals surface area contributed by atoms with Crippen LogP contribution in [0.4, 0.5) is 15.8 Å². The molecule has 0 radical (unpaired) electrons. The van der Waals surface area contributed by atoms with Crippen molar-refractivity contribution in [2.75, 3.05) is 18.5 Å². The second-order valence-corrected chi connectivity index (χ2v) is 6.51. The molecular formula is C17H17FN4O3S. The molecule has 3 rings (SSSR count). The maximum Gasteiger partial charge on any atom is 0.287 e. The van der Waals surface area contributed by atoms with E-state index in [0.717, 1.165) is 16.9 Å². The summed E-state index contributed by atoms with van der Waals surface area (Å²) in [6.07, 6.45) is 3.35. The van der Waals surface area contributed by atoms with Crippen LogP contribution in [0.15, 0.2) is 30.7 Å². The van der Waals surface area contributed by atoms with Gasteiger partial charge in [0.25, 0.3) is 5.91 Å². The molecule has 0 bridgehead atoms. The van der Waals surface area contributed by atoms with Gasteiger partial charge in [0, 0.05) is 12.8 Å². The van der Waals surface area contributed by atoms with E-state index in [1.165, 1.54) is 12.4 Å². The molecule has 0 aliphatic carbocycles. The average molecular weight is 376 g/mol. The number of hydrogen-bond acceptors (Lipinski definition) is 7. The first kappa shape index (κ1) is 18.2. The van der Waals surface area contributed by atoms with Crippen molar-refractivity contribution in [1.82, 2.24) is 15.4 Å². The van der Waals surface area contributed by atoms with Gasteiger partial charge in [-0.2, -0.15) is 0 Å². The summed E-state index contributed by atoms with van der Waals surface area (Å²) in [5.41, 5.74) is 3.77. The second kappa shape index (κ2) is 8.17. The van der Waals surface area contributed by atoms with Gasteiger partial charge in [0.15, 0.2) is 0 Å². The van der Waals surface area contributed by atoms with Crippen molar-refractivity contribution in [3.05, 3.63) is 47.0 Å². The Morgan fingerprint density at radius 2 is 2.27 bits per heavy atom. The predicted molar refractivity (Wildman–Crippen MR) is 97.0 cm³/mol. The van der Waals surface area contributed by atoms with Crippen LogP contribution in [0, 0.1) is 12.7 Å². The number of carbonyl (C=O) groups is 1. The number of aryl methyl sites for hydroxylation is 1. The van der Waals surface area contributed by atoms with Crippen LogP contribution in [0.3, 0.4) is 0 Å². The summed E-state index contributed by atoms with van der Waals surface area (Å²) in [4.78, 5) is 26.5. The molecule has 2 heterocycles. The highest BCUT2D eigenvalue weighted by Crippen LogP contribution is 2.36. The first-order valence-electron chi connectivity index (χ1n) is 7.89. The molecule has 1 aromatic carbocycles. The molecule has 0 aliphatic heterocycles. The van der Waals surface area contributed by atoms with E-state index in [1.807, 2.05) is 0 Å². The van der Waals surface area contributed by atoms with Gasteiger partial charge in [-0.15, -0.1) is 11.3 Å². The Morgan fingerprint density at radius 3 is 3.04 bits per heavy atom. The Kier molecular flexibility index (Phi) is 5.71. The van der Waals surface area contributed by atoms with Gasteiger partial charge in [0.05, 0.1) is 23.4 Å². The molecule has 0 saturated carbocycles. The molecule has 0 aliphatic rings. The highest BCUT2D eigenvalue weighted by molar-refractivity contribution is 7.21. The molecule has 3 N–H and O–H groups in total. The molecule has 0 spiro atoms. The fraction of sp³-hybridized carbons (Fsp3) is 0.235. The summed E-state index contributed by atoms with van der Waals surface area (Å²) in [7, 11) is 0. The molecule has 7 nitrogen and oxygen atoms in total. The Hall–Kier alpha value is -2.62. The van der Waals surface area contributed by atoms with Gasteiger partial charge in [-0.25, -0.2) is 19.8 Å². The summed E-state index contributed by atoms with van der Waals surface area (Å²) in [6, 6.07) is 4.79. The van der Waals surface area contributed by atoms with Crippen LogP contribution in [-0.2, 0) is 4.84 Å². The Bertz CT molecular complexity index is 932. The van der Waals surface area contributed by atoms with Gasteiger partial charge in [-0.05, 0) is 31.0 Å². The fourth-order valence-corrected chi connectivity index (χ4v) is 3.24. The third-order valence-electron chi connectivity index (χ3n) is 3.53. The number of amides is 1. The van der Waals surface area contributed by atoms with Gasteiger partial charge in [0.1, 0.15) is 21.9 Å². The van der Waals surface area contributed by atoms with Crippen molar-refractivity contribution in [1.29, 1.82) is 0 Å². The molecule has 0 unspecified atom stereocenters. The number of anilines is 2. The van der Waals surface area contributed by atoms with Crippen molar-refractivity contribution < 1.29 is 19.1 Å². The number of aliphatic hydroxyl groups is 1. The Morgan fingerprint density at radius 1 is 1.42 bits per heavy atom. The maximum absolute atomic E-state index is 14.2. The molecule has 0 saturated heterocycles. The number of nitrogens with zero attached hydrogens (tertiary/aromatic N) is 2. The minimum atomic E-state index is -0.485. The van der Waals surface area contributed by atoms with Gasteiger partial charge >= 0.3 is 0 Å². The lowest BCUT2D eigenvalue weighted by molar-refractivity contribution is 0.0266. The van der Waals surface area contributed by atoms with Crippen LogP contribution in [0.2, 0.25) is 0 Å². The quantitative estimate of drug-likeness (QED) is 0.433. The van der Waals surface area contributed by atoms with Crippen LogP contribution in [0.25, 0.3) is 10.2 Å². The molecular weight excluding hydrogens is 359 g/mol. The number of nitrogens with one attached hydrogen (secondary N) is 2. The molecule has 3 aromatic rings. The first-order chi connectivity index (χ1) is 12.6. The Labute approximate surface area is 152 Å². The van der Waals surface area contributed by atoms with E-state index in [4.69, 9.17) is 9.94 Å². The number of rotatable bonds is 7. The molecule has 2 aromatic heterocycles. The molecule has 9 heteroatoms. The summed E-state index contributed by atoms with van der Waals surface area (Å²) in [5, 5.41) is 12.3. The number of aliphatic hydroxyl groups excluding tert-OH is 1. The third kappa shape index (κ3) is 3.96. The summed E-state index contributed by atoms with van der Waals surface area (Å²) in [6.45, 7) is 1.94. The fourth-order valence-electron chi connectivity index (χ4n) is 2.28. The number of thiophene rings is 1. The van der Waals surface area contributed by atoms with Crippen molar-refractivity contribution in [3.8, 4) is 0 Å². The largest absolute Gasteiger partial charge is 0.396 e. The standard InChI is InChI=1S/C17H17FN4O3S/c1-10-3-4-13(12(18)7-10)21-14-11-8-19-9-20-17(11)26-15(14)16(24)22-25-6-2-5-23/h3-4,7-9,21,23H,2,5-6H2,1H3,(H,22,24). The van der Waals surface area contributed by atoms with Gasteiger partial charge < -0.3 is 10.4 Å². The number of benzene rings is 1. The topological polar surface area (TPSA) is 96.4 Å². The highest BCUT2D eigenvalue weighted by atomic mass is 32.1. The Balaban J connectivity index is 1.93. The van der Waals surface area contributed by atoms with Crippen LogP contribution in [0.5, 0.6) is 0 Å². The van der Waals surface area contributed by atoms with Crippen LogP contribution < -0.4 is 10.8 Å². The number of fused-ring (bicyclic) bond motifs is 1. The number of hydrogen-bond donors (Lipinski definition) is 3. The summed E-state index contributed by atoms with van der Waals surface area (Å²) >= 11 is 1.15. The smallest absolute Gasteiger partial charge is 0.287 e. The average Bonchev–Trinajstić information content (AvgIpc) is 3.00. The zero-order chi connectivity index (χ0) is 18.5. The van der Waals surface area contributed by atoms with E-state index in [9.17, 15) is 9.18 Å². The molecule has 26 heavy (non-hydrogen) atoms. The predicted octanol–water partition coefficient (Wildman–Crippen LogP) is 2.93. The SMILES string of the molecule is Cc1ccc(Nc2c(C(=O)NOCCCO)sc3ncncc23)c(F)c1. The molecule has 136 valence electrons. The number of carbonyl (C=O) groups excluding carboxylic acids is 1. The summed E-state index contributed by atoms with van der Waals surface area (Å²) in [5.74, 6) is -0.910. The van der Waals surface area contributed by atoms with E-state index in [-0.39, 0.29) is 18.9 Å². The van der Waals surface area contributed by atoms with Gasteiger partial charge in [-0.1, -0.05) is 6.07 Å². The zero-order valence-corrected chi connectivity index (χ0v) is 14.8. The van der Waals surface area contributed by atoms with E-state index in [2.05, 4.69) is 20.8 Å². The van der Waals surface area contributed by atoms with Crippen LogP contribution in [0.1, 0.15) is 21.7 Å². The minimum absolute atomic E-state index is 0.0339. The lowest BCUT2D eigenvalue weighted by atomic mass is 10.2. The van der Waals surface area contributed by atoms with Crippen molar-refractivity contribution >= 4 is 38.8 Å². The van der Waals surface area contributed by atoms with E-state index < -0.39 is 11.7 Å². The van der Waals surface area contributed by atoms with Gasteiger partial charge in [-0.3, -0.25) is 9.63 Å². The van der Waals surface area contributed by atoms with Crippen molar-refractivity contribution in [2.45, 2.75) is 13.3 Å². The van der Waals surface area contributed by atoms with Gasteiger partial charge in [0.2, 0.25) is 0 Å². The molecule has 0 fully saturated rings. The number of hydroxylamine groups is 1. The first-order valence-corrected chi connectivity index (χ1v) is 8.70. The number of halogens is 1. The summed E-state index contributed by atoms with van der Waals surface area (Å²) < 4.78 is 14.2. The van der Waals surface area contributed by atoms with Crippen LogP contribution >= 0.6 is 11.3 Å². The van der Waals surface area contributed by atoms with E-state index in [1.54, 1.807) is 25.3 Å². The van der Waals surface area contributed by atoms with Crippen molar-refractivity contribution in [2.24, 2.45) is 0 Å². The second-order valence-electron chi connectivity index (χ2n) is 5.51. The minimum Gasteiger partial charge on any atom is -0.396 e.